The second-order valence-corrected chi connectivity index (χ2v) is 28.6. The number of nitrogens with zero attached hydrogens (tertiary/aromatic N) is 2. The fourth-order valence-corrected chi connectivity index (χ4v) is 16.4. The van der Waals surface area contributed by atoms with Crippen molar-refractivity contribution in [1.82, 2.24) is 0 Å². The fraction of sp³-hybridized carbons (Fsp3) is 0. The van der Waals surface area contributed by atoms with Crippen molar-refractivity contribution >= 4 is 133 Å². The van der Waals surface area contributed by atoms with Gasteiger partial charge in [-0.2, -0.15) is 0 Å². The molecule has 0 atom stereocenters. The van der Waals surface area contributed by atoms with E-state index < -0.39 is 0 Å². The maximum atomic E-state index is 6.37. The Labute approximate surface area is 646 Å². The zero-order chi connectivity index (χ0) is 74.0. The molecule has 0 spiro atoms. The normalized spacial score (nSPS) is 11.6. The van der Waals surface area contributed by atoms with Crippen LogP contribution in [0.1, 0.15) is 0 Å². The van der Waals surface area contributed by atoms with Crippen molar-refractivity contribution in [3.8, 4) is 77.9 Å². The first-order valence-electron chi connectivity index (χ1n) is 38.0. The van der Waals surface area contributed by atoms with Crippen LogP contribution < -0.4 is 9.80 Å². The highest BCUT2D eigenvalue weighted by atomic mass is 16.3. The molecule has 18 aromatic carbocycles. The molecule has 526 valence electrons. The summed E-state index contributed by atoms with van der Waals surface area (Å²) in [6, 6.07) is 146. The molecule has 6 heteroatoms. The Morgan fingerprint density at radius 3 is 0.839 bits per heavy atom. The molecule has 0 amide bonds. The quantitative estimate of drug-likeness (QED) is 0.115. The minimum Gasteiger partial charge on any atom is -0.456 e. The number of hydrogen-bond donors (Lipinski definition) is 0. The Hall–Kier alpha value is -15.0. The SMILES string of the molecule is c1ccc(-c2ccc(N(c3ccc(-c4ccc(-c5ccc6oc7ccccc7c6c5)cc4)cc3)c3ccc(-c4ccc(-c5cccc6c5oc5ccccc56)cc4)cc3)cc2)cc1.c1ccc2c(N(c3ccc(-c4ccc5oc6ccccc6c5c4)cc3)c3ccc(-c4cccc5c4oc4ccccc45)cc3)cccc2c1. The minimum atomic E-state index is 0.906. The Morgan fingerprint density at radius 2 is 0.420 bits per heavy atom. The van der Waals surface area contributed by atoms with Crippen molar-refractivity contribution in [1.29, 1.82) is 0 Å². The van der Waals surface area contributed by atoms with Crippen molar-refractivity contribution < 1.29 is 17.7 Å². The highest BCUT2D eigenvalue weighted by Crippen LogP contribution is 2.45. The molecule has 0 fully saturated rings. The van der Waals surface area contributed by atoms with Gasteiger partial charge >= 0.3 is 0 Å². The second kappa shape index (κ2) is 27.7. The molecule has 0 saturated heterocycles. The Kier molecular flexibility index (Phi) is 16.1. The highest BCUT2D eigenvalue weighted by Gasteiger charge is 2.21. The standard InChI is InChI=1S/C60H39NO2.C46H29NO2/c1-2-9-40(10-3-1)43-25-32-49(33-26-43)61(50-34-27-44(28-35-50)41-17-19-46(20-18-41)48-31-38-59-56(39-48)54-12-5-6-15-57(54)62-59)51-36-29-45(30-37-51)42-21-23-47(24-22-42)52-13-8-14-55-53-11-4-7-16-58(53)63-60(52)55;1-2-11-36-31(9-1)10-7-16-42(36)47(34-24-19-30(20-25-34)33-23-28-45-41(29-33)39-13-4-5-17-43(39)48-45)35-26-21-32(22-27-35)37-14-8-15-40-38-12-3-6-18-44(38)49-46(37)40/h1-39H;1-29H. The number of rotatable bonds is 13. The molecule has 0 aliphatic rings. The van der Waals surface area contributed by atoms with Crippen molar-refractivity contribution in [2.24, 2.45) is 0 Å². The molecular formula is C106H68N2O4. The van der Waals surface area contributed by atoms with E-state index in [9.17, 15) is 0 Å². The van der Waals surface area contributed by atoms with Crippen LogP contribution in [-0.2, 0) is 0 Å². The molecule has 6 nitrogen and oxygen atoms in total. The van der Waals surface area contributed by atoms with E-state index in [-0.39, 0.29) is 0 Å². The van der Waals surface area contributed by atoms with Crippen LogP contribution in [0.15, 0.2) is 430 Å². The van der Waals surface area contributed by atoms with Gasteiger partial charge in [0.15, 0.2) is 0 Å². The molecule has 0 bridgehead atoms. The van der Waals surface area contributed by atoms with E-state index in [1.54, 1.807) is 0 Å². The van der Waals surface area contributed by atoms with Gasteiger partial charge in [-0.05, 0) is 187 Å². The van der Waals surface area contributed by atoms with Crippen LogP contribution in [0, 0.1) is 0 Å². The van der Waals surface area contributed by atoms with Gasteiger partial charge in [-0.15, -0.1) is 0 Å². The summed E-state index contributed by atoms with van der Waals surface area (Å²) in [5, 5.41) is 11.5. The van der Waals surface area contributed by atoms with Crippen LogP contribution in [0.4, 0.5) is 34.1 Å². The van der Waals surface area contributed by atoms with Crippen LogP contribution in [-0.4, -0.2) is 0 Å². The molecule has 0 radical (unpaired) electrons. The average Bonchev–Trinajstić information content (AvgIpc) is 1.46. The van der Waals surface area contributed by atoms with Gasteiger partial charge in [0.1, 0.15) is 44.7 Å². The summed E-state index contributed by atoms with van der Waals surface area (Å²) in [5.41, 5.74) is 30.0. The van der Waals surface area contributed by atoms with Gasteiger partial charge in [0.25, 0.3) is 0 Å². The highest BCUT2D eigenvalue weighted by molar-refractivity contribution is 6.12. The van der Waals surface area contributed by atoms with Crippen molar-refractivity contribution in [2.45, 2.75) is 0 Å². The Bertz CT molecular complexity index is 7250. The number of anilines is 6. The van der Waals surface area contributed by atoms with E-state index in [2.05, 4.69) is 374 Å². The number of furan rings is 4. The average molecular weight is 1430 g/mol. The zero-order valence-corrected chi connectivity index (χ0v) is 60.8. The molecule has 112 heavy (non-hydrogen) atoms. The molecule has 0 saturated carbocycles. The van der Waals surface area contributed by atoms with Crippen LogP contribution >= 0.6 is 0 Å². The minimum absolute atomic E-state index is 0.906. The fourth-order valence-electron chi connectivity index (χ4n) is 16.4. The maximum Gasteiger partial charge on any atom is 0.143 e. The van der Waals surface area contributed by atoms with Crippen molar-refractivity contribution in [3.05, 3.63) is 413 Å². The van der Waals surface area contributed by atoms with Crippen LogP contribution in [0.2, 0.25) is 0 Å². The molecule has 0 aliphatic heterocycles. The molecule has 4 heterocycles. The zero-order valence-electron chi connectivity index (χ0n) is 60.8. The molecule has 0 unspecified atom stereocenters. The third-order valence-electron chi connectivity index (χ3n) is 22.0. The smallest absolute Gasteiger partial charge is 0.143 e. The van der Waals surface area contributed by atoms with E-state index in [0.717, 1.165) is 172 Å². The van der Waals surface area contributed by atoms with Crippen LogP contribution in [0.25, 0.3) is 176 Å². The monoisotopic (exact) mass is 1430 g/mol. The maximum absolute atomic E-state index is 6.37. The van der Waals surface area contributed by atoms with Gasteiger partial charge in [0, 0.05) is 88.0 Å². The van der Waals surface area contributed by atoms with Crippen LogP contribution in [0.3, 0.4) is 0 Å². The first kappa shape index (κ1) is 65.3. The van der Waals surface area contributed by atoms with Gasteiger partial charge < -0.3 is 27.5 Å². The summed E-state index contributed by atoms with van der Waals surface area (Å²) in [6.45, 7) is 0. The van der Waals surface area contributed by atoms with E-state index in [0.29, 0.717) is 0 Å². The first-order valence-corrected chi connectivity index (χ1v) is 38.0. The predicted molar refractivity (Wildman–Crippen MR) is 467 cm³/mol. The molecular weight excluding hydrogens is 1370 g/mol. The van der Waals surface area contributed by atoms with E-state index in [1.807, 2.05) is 48.5 Å². The molecule has 0 N–H and O–H groups in total. The van der Waals surface area contributed by atoms with Gasteiger partial charge in [0.05, 0.1) is 5.69 Å². The molecule has 22 aromatic rings. The molecule has 4 aromatic heterocycles. The van der Waals surface area contributed by atoms with Crippen molar-refractivity contribution in [2.75, 3.05) is 9.80 Å². The lowest BCUT2D eigenvalue weighted by molar-refractivity contribution is 0.668. The summed E-state index contributed by atoms with van der Waals surface area (Å²) >= 11 is 0. The Balaban J connectivity index is 0.000000146. The number of benzene rings is 18. The predicted octanol–water partition coefficient (Wildman–Crippen LogP) is 30.7. The lowest BCUT2D eigenvalue weighted by Gasteiger charge is -2.27. The number of hydrogen-bond acceptors (Lipinski definition) is 6. The molecule has 22 rings (SSSR count). The van der Waals surface area contributed by atoms with Crippen molar-refractivity contribution in [3.63, 3.8) is 0 Å². The number of fused-ring (bicyclic) bond motifs is 13. The first-order chi connectivity index (χ1) is 55.5. The summed E-state index contributed by atoms with van der Waals surface area (Å²) in [5.74, 6) is 0. The second-order valence-electron chi connectivity index (χ2n) is 28.6. The molecule has 0 aliphatic carbocycles. The van der Waals surface area contributed by atoms with E-state index >= 15 is 0 Å². The van der Waals surface area contributed by atoms with Crippen LogP contribution in [0.5, 0.6) is 0 Å². The topological polar surface area (TPSA) is 59.0 Å². The summed E-state index contributed by atoms with van der Waals surface area (Å²) in [4.78, 5) is 4.68. The lowest BCUT2D eigenvalue weighted by Crippen LogP contribution is -2.10. The third kappa shape index (κ3) is 11.9. The largest absolute Gasteiger partial charge is 0.456 e. The van der Waals surface area contributed by atoms with Gasteiger partial charge in [-0.3, -0.25) is 0 Å². The van der Waals surface area contributed by atoms with Gasteiger partial charge in [0.2, 0.25) is 0 Å². The third-order valence-corrected chi connectivity index (χ3v) is 22.0. The summed E-state index contributed by atoms with van der Waals surface area (Å²) < 4.78 is 24.9. The van der Waals surface area contributed by atoms with Gasteiger partial charge in [-0.1, -0.05) is 297 Å². The van der Waals surface area contributed by atoms with E-state index in [4.69, 9.17) is 17.7 Å². The lowest BCUT2D eigenvalue weighted by atomic mass is 9.98. The number of para-hydroxylation sites is 6. The van der Waals surface area contributed by atoms with Gasteiger partial charge in [-0.25, -0.2) is 0 Å². The summed E-state index contributed by atoms with van der Waals surface area (Å²) in [6.07, 6.45) is 0. The van der Waals surface area contributed by atoms with E-state index in [1.165, 1.54) is 38.6 Å². The summed E-state index contributed by atoms with van der Waals surface area (Å²) in [7, 11) is 0. The Morgan fingerprint density at radius 1 is 0.152 bits per heavy atom.